The second-order valence-electron chi connectivity index (χ2n) is 8.81. The number of pyridine rings is 2. The van der Waals surface area contributed by atoms with Gasteiger partial charge in [-0.25, -0.2) is 9.97 Å². The molecule has 6 rings (SSSR count). The number of nitrogen functional groups attached to an aromatic ring is 1. The number of nitrogens with zero attached hydrogens (tertiary/aromatic N) is 6. The Balaban J connectivity index is 1.25. The van der Waals surface area contributed by atoms with Gasteiger partial charge in [0.15, 0.2) is 5.82 Å². The van der Waals surface area contributed by atoms with E-state index in [4.69, 9.17) is 15.2 Å². The number of hydrogen-bond acceptors (Lipinski definition) is 8. The van der Waals surface area contributed by atoms with Crippen LogP contribution in [0.1, 0.15) is 49.2 Å². The van der Waals surface area contributed by atoms with E-state index < -0.39 is 0 Å². The van der Waals surface area contributed by atoms with Crippen molar-refractivity contribution < 1.29 is 4.52 Å². The first kappa shape index (κ1) is 19.0. The van der Waals surface area contributed by atoms with Crippen molar-refractivity contribution in [1.29, 1.82) is 0 Å². The van der Waals surface area contributed by atoms with Gasteiger partial charge in [-0.05, 0) is 61.8 Å². The molecule has 8 nitrogen and oxygen atoms in total. The lowest BCUT2D eigenvalue weighted by atomic mass is 9.64. The highest BCUT2D eigenvalue weighted by Gasteiger charge is 2.45. The summed E-state index contributed by atoms with van der Waals surface area (Å²) in [6.07, 6.45) is 13.9. The number of rotatable bonds is 6. The maximum atomic E-state index is 5.64. The Morgan fingerprint density at radius 3 is 2.34 bits per heavy atom. The third-order valence-corrected chi connectivity index (χ3v) is 6.61. The summed E-state index contributed by atoms with van der Waals surface area (Å²) in [5.41, 5.74) is 10.0. The van der Waals surface area contributed by atoms with E-state index in [-0.39, 0.29) is 11.4 Å². The van der Waals surface area contributed by atoms with Crippen LogP contribution in [0.4, 0.5) is 5.95 Å². The quantitative estimate of drug-likeness (QED) is 0.493. The average molecular weight is 425 g/mol. The van der Waals surface area contributed by atoms with Gasteiger partial charge in [0.1, 0.15) is 0 Å². The van der Waals surface area contributed by atoms with Gasteiger partial charge in [0, 0.05) is 36.0 Å². The molecular formula is C24H23N7O. The number of anilines is 1. The highest BCUT2D eigenvalue weighted by atomic mass is 16.5. The van der Waals surface area contributed by atoms with Crippen molar-refractivity contribution in [3.05, 3.63) is 66.1 Å². The topological polar surface area (TPSA) is 116 Å². The van der Waals surface area contributed by atoms with Crippen molar-refractivity contribution in [3.8, 4) is 22.7 Å². The van der Waals surface area contributed by atoms with Gasteiger partial charge in [-0.15, -0.1) is 0 Å². The van der Waals surface area contributed by atoms with E-state index in [1.165, 1.54) is 12.8 Å². The van der Waals surface area contributed by atoms with Crippen LogP contribution in [0, 0.1) is 5.92 Å². The molecule has 4 aromatic rings. The van der Waals surface area contributed by atoms with Crippen molar-refractivity contribution in [3.63, 3.8) is 0 Å². The molecule has 4 heterocycles. The second kappa shape index (κ2) is 7.47. The lowest BCUT2D eigenvalue weighted by molar-refractivity contribution is 0.272. The molecule has 2 fully saturated rings. The van der Waals surface area contributed by atoms with Crippen LogP contribution in [0.2, 0.25) is 0 Å². The van der Waals surface area contributed by atoms with E-state index in [9.17, 15) is 0 Å². The van der Waals surface area contributed by atoms with Crippen LogP contribution < -0.4 is 5.73 Å². The minimum absolute atomic E-state index is 0.249. The summed E-state index contributed by atoms with van der Waals surface area (Å²) in [4.78, 5) is 22.1. The van der Waals surface area contributed by atoms with E-state index in [2.05, 4.69) is 37.2 Å². The normalized spacial score (nSPS) is 17.1. The predicted molar refractivity (Wildman–Crippen MR) is 118 cm³/mol. The van der Waals surface area contributed by atoms with E-state index in [1.807, 2.05) is 24.5 Å². The van der Waals surface area contributed by atoms with Gasteiger partial charge < -0.3 is 10.3 Å². The lowest BCUT2D eigenvalue weighted by Gasteiger charge is -2.39. The number of hydrogen-bond donors (Lipinski definition) is 1. The Kier molecular flexibility index (Phi) is 4.45. The lowest BCUT2D eigenvalue weighted by Crippen LogP contribution is -2.36. The number of nitrogens with two attached hydrogens (primary N) is 1. The van der Waals surface area contributed by atoms with Crippen LogP contribution in [-0.2, 0) is 11.8 Å². The van der Waals surface area contributed by atoms with E-state index in [0.29, 0.717) is 11.7 Å². The maximum Gasteiger partial charge on any atom is 0.259 e. The summed E-state index contributed by atoms with van der Waals surface area (Å²) in [6.45, 7) is 0. The monoisotopic (exact) mass is 425 g/mol. The molecular weight excluding hydrogens is 402 g/mol. The van der Waals surface area contributed by atoms with Gasteiger partial charge in [0.05, 0.1) is 16.7 Å². The zero-order chi connectivity index (χ0) is 21.5. The highest BCUT2D eigenvalue weighted by Crippen LogP contribution is 2.48. The molecule has 2 aliphatic carbocycles. The molecule has 0 aliphatic heterocycles. The summed E-state index contributed by atoms with van der Waals surface area (Å²) in [7, 11) is 0. The van der Waals surface area contributed by atoms with Gasteiger partial charge >= 0.3 is 0 Å². The summed E-state index contributed by atoms with van der Waals surface area (Å²) in [6, 6.07) is 8.16. The third kappa shape index (κ3) is 3.41. The summed E-state index contributed by atoms with van der Waals surface area (Å²) in [5, 5.41) is 4.36. The molecule has 4 aromatic heterocycles. The summed E-state index contributed by atoms with van der Waals surface area (Å²) < 4.78 is 5.64. The molecule has 0 amide bonds. The molecule has 8 heteroatoms. The fourth-order valence-corrected chi connectivity index (χ4v) is 4.31. The maximum absolute atomic E-state index is 5.64. The van der Waals surface area contributed by atoms with Crippen molar-refractivity contribution in [2.75, 3.05) is 5.73 Å². The summed E-state index contributed by atoms with van der Waals surface area (Å²) in [5.74, 6) is 2.29. The van der Waals surface area contributed by atoms with E-state index in [1.54, 1.807) is 12.4 Å². The van der Waals surface area contributed by atoms with Gasteiger partial charge in [0.25, 0.3) is 5.89 Å². The summed E-state index contributed by atoms with van der Waals surface area (Å²) >= 11 is 0. The molecule has 160 valence electrons. The standard InChI is InChI=1S/C24H23N7O/c25-23-28-12-17(13-29-23)20-7-5-18(14-27-20)24(8-1-9-24)22-30-21(32-31-22)16-4-6-19(26-11-16)10-15-2-3-15/h4-7,11-15H,1-3,8-10H2,(H2,25,28,29). The SMILES string of the molecule is Nc1ncc(-c2ccc(C3(c4noc(-c5ccc(CC6CC6)nc5)n4)CCC3)cn2)cn1. The molecule has 2 saturated carbocycles. The highest BCUT2D eigenvalue weighted by molar-refractivity contribution is 5.58. The molecule has 2 aliphatic rings. The Hall–Kier alpha value is -3.68. The van der Waals surface area contributed by atoms with Crippen molar-refractivity contribution in [2.24, 2.45) is 5.92 Å². The van der Waals surface area contributed by atoms with Gasteiger partial charge in [-0.1, -0.05) is 17.6 Å². The Morgan fingerprint density at radius 1 is 0.906 bits per heavy atom. The van der Waals surface area contributed by atoms with Crippen LogP contribution >= 0.6 is 0 Å². The Morgan fingerprint density at radius 2 is 1.72 bits per heavy atom. The molecule has 0 atom stereocenters. The van der Waals surface area contributed by atoms with Gasteiger partial charge in [-0.2, -0.15) is 4.98 Å². The van der Waals surface area contributed by atoms with Gasteiger partial charge in [0.2, 0.25) is 5.95 Å². The van der Waals surface area contributed by atoms with Crippen LogP contribution in [0.5, 0.6) is 0 Å². The van der Waals surface area contributed by atoms with Crippen LogP contribution in [0.25, 0.3) is 22.7 Å². The van der Waals surface area contributed by atoms with Crippen molar-refractivity contribution >= 4 is 5.95 Å². The predicted octanol–water partition coefficient (Wildman–Crippen LogP) is 3.99. The third-order valence-electron chi connectivity index (χ3n) is 6.61. The van der Waals surface area contributed by atoms with E-state index in [0.717, 1.165) is 59.7 Å². The van der Waals surface area contributed by atoms with Crippen molar-refractivity contribution in [2.45, 2.75) is 43.9 Å². The first-order valence-electron chi connectivity index (χ1n) is 11.0. The molecule has 0 spiro atoms. The smallest absolute Gasteiger partial charge is 0.259 e. The van der Waals surface area contributed by atoms with Gasteiger partial charge in [-0.3, -0.25) is 9.97 Å². The zero-order valence-electron chi connectivity index (χ0n) is 17.6. The Bertz CT molecular complexity index is 1220. The molecule has 0 aromatic carbocycles. The van der Waals surface area contributed by atoms with Crippen molar-refractivity contribution in [1.82, 2.24) is 30.1 Å². The average Bonchev–Trinajstić information content (AvgIpc) is 3.48. The molecule has 0 saturated heterocycles. The fourth-order valence-electron chi connectivity index (χ4n) is 4.31. The fraction of sp³-hybridized carbons (Fsp3) is 0.333. The molecule has 0 bridgehead atoms. The molecule has 0 radical (unpaired) electrons. The minimum Gasteiger partial charge on any atom is -0.368 e. The zero-order valence-corrected chi connectivity index (χ0v) is 17.6. The minimum atomic E-state index is -0.260. The second-order valence-corrected chi connectivity index (χ2v) is 8.81. The van der Waals surface area contributed by atoms with Crippen LogP contribution in [-0.4, -0.2) is 30.1 Å². The van der Waals surface area contributed by atoms with Crippen LogP contribution in [0.3, 0.4) is 0 Å². The van der Waals surface area contributed by atoms with Crippen LogP contribution in [0.15, 0.2) is 53.6 Å². The molecule has 2 N–H and O–H groups in total. The van der Waals surface area contributed by atoms with E-state index >= 15 is 0 Å². The Labute approximate surface area is 185 Å². The first-order valence-corrected chi connectivity index (χ1v) is 11.0. The first-order chi connectivity index (χ1) is 15.7. The number of aromatic nitrogens is 6. The molecule has 32 heavy (non-hydrogen) atoms. The largest absolute Gasteiger partial charge is 0.368 e. The molecule has 0 unspecified atom stereocenters.